The highest BCUT2D eigenvalue weighted by Crippen LogP contribution is 2.27. The molecule has 33 heavy (non-hydrogen) atoms. The number of benzene rings is 2. The minimum atomic E-state index is -0.257. The molecule has 0 amide bonds. The van der Waals surface area contributed by atoms with Gasteiger partial charge in [0, 0.05) is 51.9 Å². The van der Waals surface area contributed by atoms with E-state index in [4.69, 9.17) is 4.99 Å². The van der Waals surface area contributed by atoms with Gasteiger partial charge in [0.2, 0.25) is 0 Å². The summed E-state index contributed by atoms with van der Waals surface area (Å²) < 4.78 is 14.9. The Hall–Kier alpha value is -2.82. The molecule has 4 rings (SSSR count). The summed E-state index contributed by atoms with van der Waals surface area (Å²) in [5.41, 5.74) is 2.65. The van der Waals surface area contributed by atoms with Crippen LogP contribution in [-0.4, -0.2) is 65.0 Å². The third-order valence-electron chi connectivity index (χ3n) is 5.50. The molecule has 2 heterocycles. The normalized spacial score (nSPS) is 14.2. The zero-order valence-corrected chi connectivity index (χ0v) is 21.0. The van der Waals surface area contributed by atoms with Gasteiger partial charge in [-0.15, -0.1) is 24.0 Å². The second-order valence-electron chi connectivity index (χ2n) is 7.68. The topological polar surface area (TPSA) is 68.9 Å². The van der Waals surface area contributed by atoms with Gasteiger partial charge in [0.05, 0.1) is 17.1 Å². The van der Waals surface area contributed by atoms with Gasteiger partial charge in [0.1, 0.15) is 11.6 Å². The average molecular weight is 564 g/mol. The van der Waals surface area contributed by atoms with Crippen molar-refractivity contribution in [3.8, 4) is 11.4 Å². The number of nitrogens with one attached hydrogen (secondary N) is 1. The molecular weight excluding hydrogens is 534 g/mol. The zero-order valence-electron chi connectivity index (χ0n) is 18.7. The van der Waals surface area contributed by atoms with Gasteiger partial charge in [-0.25, -0.2) is 9.07 Å². The van der Waals surface area contributed by atoms with E-state index in [0.29, 0.717) is 12.3 Å². The Labute approximate surface area is 210 Å². The number of nitrogens with zero attached hydrogens (tertiary/aromatic N) is 5. The first-order valence-electron chi connectivity index (χ1n) is 11.0. The Morgan fingerprint density at radius 1 is 1.06 bits per heavy atom. The molecule has 1 fully saturated rings. The largest absolute Gasteiger partial charge is 0.506 e. The van der Waals surface area contributed by atoms with Gasteiger partial charge in [-0.2, -0.15) is 5.10 Å². The molecule has 0 spiro atoms. The maximum absolute atomic E-state index is 13.1. The number of para-hydroxylation sites is 2. The maximum atomic E-state index is 13.1. The van der Waals surface area contributed by atoms with E-state index in [9.17, 15) is 9.50 Å². The van der Waals surface area contributed by atoms with Gasteiger partial charge in [-0.3, -0.25) is 4.99 Å². The van der Waals surface area contributed by atoms with Crippen molar-refractivity contribution in [1.82, 2.24) is 20.0 Å². The van der Waals surface area contributed by atoms with E-state index >= 15 is 0 Å². The maximum Gasteiger partial charge on any atom is 0.194 e. The fourth-order valence-corrected chi connectivity index (χ4v) is 3.83. The number of hydrogen-bond acceptors (Lipinski definition) is 4. The Kier molecular flexibility index (Phi) is 8.93. The van der Waals surface area contributed by atoms with Crippen molar-refractivity contribution in [2.75, 3.05) is 44.2 Å². The number of aromatic nitrogens is 2. The number of aliphatic imine (C=N–C) groups is 1. The van der Waals surface area contributed by atoms with Crippen molar-refractivity contribution in [1.29, 1.82) is 0 Å². The number of halogens is 2. The van der Waals surface area contributed by atoms with Crippen LogP contribution in [0.15, 0.2) is 65.8 Å². The number of piperazine rings is 1. The molecule has 2 N–H and O–H groups in total. The first-order chi connectivity index (χ1) is 15.6. The molecule has 0 bridgehead atoms. The van der Waals surface area contributed by atoms with Gasteiger partial charge in [-0.05, 0) is 49.4 Å². The summed E-state index contributed by atoms with van der Waals surface area (Å²) in [6.07, 6.45) is 2.61. The van der Waals surface area contributed by atoms with E-state index in [1.807, 2.05) is 30.5 Å². The van der Waals surface area contributed by atoms with Crippen LogP contribution < -0.4 is 10.2 Å². The molecule has 0 radical (unpaired) electrons. The minimum Gasteiger partial charge on any atom is -0.506 e. The molecule has 9 heteroatoms. The molecule has 0 aliphatic carbocycles. The SMILES string of the molecule is CCNC(=NCCc1ccn(-c2ccc(F)cc2)n1)N1CCN(c2ccccc2O)CC1.I. The van der Waals surface area contributed by atoms with E-state index in [-0.39, 0.29) is 29.8 Å². The second kappa shape index (κ2) is 11.9. The predicted octanol–water partition coefficient (Wildman–Crippen LogP) is 3.67. The zero-order chi connectivity index (χ0) is 22.3. The lowest BCUT2D eigenvalue weighted by molar-refractivity contribution is 0.370. The third-order valence-corrected chi connectivity index (χ3v) is 5.50. The molecule has 176 valence electrons. The van der Waals surface area contributed by atoms with Gasteiger partial charge in [0.25, 0.3) is 0 Å². The van der Waals surface area contributed by atoms with Crippen molar-refractivity contribution in [3.05, 3.63) is 72.3 Å². The van der Waals surface area contributed by atoms with E-state index in [2.05, 4.69) is 27.1 Å². The van der Waals surface area contributed by atoms with E-state index in [0.717, 1.165) is 62.2 Å². The fourth-order valence-electron chi connectivity index (χ4n) is 3.83. The van der Waals surface area contributed by atoms with Crippen LogP contribution in [0, 0.1) is 5.82 Å². The number of phenols is 1. The summed E-state index contributed by atoms with van der Waals surface area (Å²) in [4.78, 5) is 9.27. The van der Waals surface area contributed by atoms with Gasteiger partial charge >= 0.3 is 0 Å². The molecular formula is C24H30FIN6O. The summed E-state index contributed by atoms with van der Waals surface area (Å²) in [6, 6.07) is 15.7. The Morgan fingerprint density at radius 3 is 2.48 bits per heavy atom. The summed E-state index contributed by atoms with van der Waals surface area (Å²) in [7, 11) is 0. The Balaban J connectivity index is 0.00000306. The standard InChI is InChI=1S/C24H29FN6O.HI/c1-2-26-24(30-17-15-29(16-18-30)22-5-3-4-6-23(22)32)27-13-11-20-12-14-31(28-20)21-9-7-19(25)8-10-21;/h3-10,12,14,32H,2,11,13,15-18H2,1H3,(H,26,27);1H. The van der Waals surface area contributed by atoms with E-state index < -0.39 is 0 Å². The quantitative estimate of drug-likeness (QED) is 0.272. The average Bonchev–Trinajstić information content (AvgIpc) is 3.28. The molecule has 7 nitrogen and oxygen atoms in total. The van der Waals surface area contributed by atoms with Crippen LogP contribution in [0.2, 0.25) is 0 Å². The number of rotatable bonds is 6. The summed E-state index contributed by atoms with van der Waals surface area (Å²) in [5, 5.41) is 18.1. The van der Waals surface area contributed by atoms with E-state index in [1.54, 1.807) is 22.9 Å². The third kappa shape index (κ3) is 6.37. The summed E-state index contributed by atoms with van der Waals surface area (Å²) in [6.45, 7) is 6.81. The van der Waals surface area contributed by atoms with Gasteiger partial charge in [0.15, 0.2) is 5.96 Å². The van der Waals surface area contributed by atoms with Crippen LogP contribution in [-0.2, 0) is 6.42 Å². The lowest BCUT2D eigenvalue weighted by atomic mass is 10.2. The van der Waals surface area contributed by atoms with Crippen molar-refractivity contribution in [3.63, 3.8) is 0 Å². The van der Waals surface area contributed by atoms with Crippen LogP contribution >= 0.6 is 24.0 Å². The minimum absolute atomic E-state index is 0. The molecule has 0 saturated carbocycles. The van der Waals surface area contributed by atoms with Crippen molar-refractivity contribution >= 4 is 35.6 Å². The summed E-state index contributed by atoms with van der Waals surface area (Å²) >= 11 is 0. The molecule has 0 atom stereocenters. The second-order valence-corrected chi connectivity index (χ2v) is 7.68. The van der Waals surface area contributed by atoms with Crippen LogP contribution in [0.3, 0.4) is 0 Å². The van der Waals surface area contributed by atoms with Crippen LogP contribution in [0.4, 0.5) is 10.1 Å². The molecule has 3 aromatic rings. The van der Waals surface area contributed by atoms with Crippen molar-refractivity contribution < 1.29 is 9.50 Å². The van der Waals surface area contributed by atoms with Crippen LogP contribution in [0.1, 0.15) is 12.6 Å². The monoisotopic (exact) mass is 564 g/mol. The molecule has 0 unspecified atom stereocenters. The summed E-state index contributed by atoms with van der Waals surface area (Å²) in [5.74, 6) is 0.969. The first kappa shape index (κ1) is 24.8. The van der Waals surface area contributed by atoms with Crippen LogP contribution in [0.25, 0.3) is 5.69 Å². The predicted molar refractivity (Wildman–Crippen MR) is 141 cm³/mol. The molecule has 1 aromatic heterocycles. The van der Waals surface area contributed by atoms with Crippen LogP contribution in [0.5, 0.6) is 5.75 Å². The molecule has 1 aliphatic heterocycles. The first-order valence-corrected chi connectivity index (χ1v) is 11.0. The highest BCUT2D eigenvalue weighted by molar-refractivity contribution is 14.0. The number of phenolic OH excluding ortho intramolecular Hbond substituents is 1. The van der Waals surface area contributed by atoms with Crippen molar-refractivity contribution in [2.45, 2.75) is 13.3 Å². The number of hydrogen-bond donors (Lipinski definition) is 2. The highest BCUT2D eigenvalue weighted by atomic mass is 127. The number of anilines is 1. The lowest BCUT2D eigenvalue weighted by Crippen LogP contribution is -2.52. The number of guanidine groups is 1. The Bertz CT molecular complexity index is 1050. The number of aromatic hydroxyl groups is 1. The molecule has 2 aromatic carbocycles. The van der Waals surface area contributed by atoms with Crippen molar-refractivity contribution in [2.24, 2.45) is 4.99 Å². The van der Waals surface area contributed by atoms with Gasteiger partial charge < -0.3 is 20.2 Å². The Morgan fingerprint density at radius 2 is 1.79 bits per heavy atom. The fraction of sp³-hybridized carbons (Fsp3) is 0.333. The molecule has 1 saturated heterocycles. The highest BCUT2D eigenvalue weighted by Gasteiger charge is 2.21. The molecule has 1 aliphatic rings. The lowest BCUT2D eigenvalue weighted by Gasteiger charge is -2.37. The van der Waals surface area contributed by atoms with Gasteiger partial charge in [-0.1, -0.05) is 12.1 Å². The smallest absolute Gasteiger partial charge is 0.194 e. The van der Waals surface area contributed by atoms with E-state index in [1.165, 1.54) is 12.1 Å².